The van der Waals surface area contributed by atoms with E-state index in [-0.39, 0.29) is 27.3 Å². The van der Waals surface area contributed by atoms with Gasteiger partial charge in [-0.1, -0.05) is 11.6 Å². The van der Waals surface area contributed by atoms with Crippen molar-refractivity contribution in [1.82, 2.24) is 4.90 Å². The molecular formula is C16H17ClN2O4S. The predicted octanol–water partition coefficient (Wildman–Crippen LogP) is 2.52. The summed E-state index contributed by atoms with van der Waals surface area (Å²) in [6, 6.07) is 4.10. The van der Waals surface area contributed by atoms with E-state index < -0.39 is 12.0 Å². The summed E-state index contributed by atoms with van der Waals surface area (Å²) >= 11 is 7.60. The first-order valence-corrected chi connectivity index (χ1v) is 8.87. The number of nitrogens with one attached hydrogen (secondary N) is 1. The number of ether oxygens (including phenoxy) is 1. The van der Waals surface area contributed by atoms with E-state index in [9.17, 15) is 14.4 Å². The number of benzene rings is 1. The maximum Gasteiger partial charge on any atom is 0.339 e. The fraction of sp³-hybridized carbons (Fsp3) is 0.438. The Balaban J connectivity index is 1.78. The largest absolute Gasteiger partial charge is 0.465 e. The van der Waals surface area contributed by atoms with Crippen molar-refractivity contribution in [3.63, 3.8) is 0 Å². The molecule has 0 saturated carbocycles. The van der Waals surface area contributed by atoms with E-state index in [4.69, 9.17) is 11.6 Å². The zero-order valence-electron chi connectivity index (χ0n) is 13.3. The molecule has 3 rings (SSSR count). The number of methoxy groups -OCH3 is 1. The Hall–Kier alpha value is -1.73. The van der Waals surface area contributed by atoms with Crippen LogP contribution in [-0.2, 0) is 14.3 Å². The lowest BCUT2D eigenvalue weighted by Gasteiger charge is -2.29. The summed E-state index contributed by atoms with van der Waals surface area (Å²) in [5.74, 6) is -0.269. The van der Waals surface area contributed by atoms with E-state index in [1.807, 2.05) is 6.92 Å². The summed E-state index contributed by atoms with van der Waals surface area (Å²) in [7, 11) is 1.26. The average Bonchev–Trinajstić information content (AvgIpc) is 3.05. The molecule has 0 aliphatic carbocycles. The lowest BCUT2D eigenvalue weighted by molar-refractivity contribution is -0.135. The number of anilines is 1. The van der Waals surface area contributed by atoms with Crippen molar-refractivity contribution in [2.45, 2.75) is 30.7 Å². The average molecular weight is 369 g/mol. The second kappa shape index (κ2) is 6.29. The second-order valence-corrected chi connectivity index (χ2v) is 7.85. The van der Waals surface area contributed by atoms with E-state index in [1.54, 1.807) is 22.7 Å². The molecule has 1 N–H and O–H groups in total. The van der Waals surface area contributed by atoms with E-state index >= 15 is 0 Å². The van der Waals surface area contributed by atoms with Crippen LogP contribution in [0.3, 0.4) is 0 Å². The molecular weight excluding hydrogens is 352 g/mol. The number of fused-ring (bicyclic) bond motifs is 1. The molecule has 1 aromatic carbocycles. The maximum atomic E-state index is 12.6. The van der Waals surface area contributed by atoms with Crippen LogP contribution in [0.25, 0.3) is 0 Å². The van der Waals surface area contributed by atoms with Crippen LogP contribution in [0.15, 0.2) is 18.2 Å². The minimum atomic E-state index is -0.574. The molecule has 0 radical (unpaired) electrons. The Morgan fingerprint density at radius 1 is 1.46 bits per heavy atom. The van der Waals surface area contributed by atoms with Crippen molar-refractivity contribution in [3.8, 4) is 0 Å². The first-order chi connectivity index (χ1) is 11.4. The summed E-state index contributed by atoms with van der Waals surface area (Å²) in [6.07, 6.45) is 1.23. The number of halogens is 1. The monoisotopic (exact) mass is 368 g/mol. The molecule has 2 heterocycles. The van der Waals surface area contributed by atoms with Gasteiger partial charge in [0.1, 0.15) is 6.04 Å². The second-order valence-electron chi connectivity index (χ2n) is 5.94. The minimum absolute atomic E-state index is 0.00834. The number of thioether (sulfide) groups is 1. The number of carbonyl (C=O) groups is 3. The quantitative estimate of drug-likeness (QED) is 0.830. The van der Waals surface area contributed by atoms with Crippen LogP contribution in [-0.4, -0.2) is 46.5 Å². The normalized spacial score (nSPS) is 25.5. The fourth-order valence-corrected chi connectivity index (χ4v) is 4.74. The molecule has 2 aliphatic rings. The van der Waals surface area contributed by atoms with Gasteiger partial charge in [-0.05, 0) is 31.5 Å². The first-order valence-electron chi connectivity index (χ1n) is 7.50. The van der Waals surface area contributed by atoms with Gasteiger partial charge in [-0.3, -0.25) is 9.59 Å². The molecule has 24 heavy (non-hydrogen) atoms. The smallest absolute Gasteiger partial charge is 0.339 e. The molecule has 2 amide bonds. The van der Waals surface area contributed by atoms with Gasteiger partial charge in [-0.15, -0.1) is 11.8 Å². The molecule has 2 fully saturated rings. The van der Waals surface area contributed by atoms with Crippen LogP contribution >= 0.6 is 23.4 Å². The highest BCUT2D eigenvalue weighted by Gasteiger charge is 2.52. The third-order valence-electron chi connectivity index (χ3n) is 4.39. The first kappa shape index (κ1) is 17.1. The molecule has 128 valence electrons. The maximum absolute atomic E-state index is 12.6. The standard InChI is InChI=1S/C16H17ClN2O4S/c1-16-6-5-13(20)19(16)12(8-24-16)14(21)18-9-3-4-11(17)10(7-9)15(22)23-2/h3-4,7,12H,5-6,8H2,1-2H3,(H,18,21)/t12-,16-/m1/s1. The molecule has 0 spiro atoms. The van der Waals surface area contributed by atoms with Crippen LogP contribution < -0.4 is 5.32 Å². The minimum Gasteiger partial charge on any atom is -0.465 e. The molecule has 0 bridgehead atoms. The van der Waals surface area contributed by atoms with Gasteiger partial charge >= 0.3 is 5.97 Å². The van der Waals surface area contributed by atoms with E-state index in [0.29, 0.717) is 17.9 Å². The van der Waals surface area contributed by atoms with E-state index in [2.05, 4.69) is 10.1 Å². The highest BCUT2D eigenvalue weighted by molar-refractivity contribution is 8.01. The van der Waals surface area contributed by atoms with Crippen molar-refractivity contribution in [2.75, 3.05) is 18.2 Å². The molecule has 2 saturated heterocycles. The molecule has 2 aliphatic heterocycles. The summed E-state index contributed by atoms with van der Waals surface area (Å²) in [5.41, 5.74) is 0.620. The number of esters is 1. The lowest BCUT2D eigenvalue weighted by atomic mass is 10.1. The molecule has 0 unspecified atom stereocenters. The van der Waals surface area contributed by atoms with E-state index in [0.717, 1.165) is 6.42 Å². The number of hydrogen-bond donors (Lipinski definition) is 1. The zero-order valence-corrected chi connectivity index (χ0v) is 14.9. The summed E-state index contributed by atoms with van der Waals surface area (Å²) in [4.78, 5) is 37.8. The Morgan fingerprint density at radius 2 is 2.21 bits per heavy atom. The topological polar surface area (TPSA) is 75.7 Å². The summed E-state index contributed by atoms with van der Waals surface area (Å²) in [6.45, 7) is 1.99. The number of carbonyl (C=O) groups excluding carboxylic acids is 3. The van der Waals surface area contributed by atoms with Crippen LogP contribution in [0.2, 0.25) is 5.02 Å². The van der Waals surface area contributed by atoms with Gasteiger partial charge in [0, 0.05) is 17.9 Å². The highest BCUT2D eigenvalue weighted by Crippen LogP contribution is 2.47. The SMILES string of the molecule is COC(=O)c1cc(NC(=O)[C@H]2CS[C@]3(C)CCC(=O)N23)ccc1Cl. The Kier molecular flexibility index (Phi) is 4.48. The molecule has 0 aromatic heterocycles. The zero-order chi connectivity index (χ0) is 17.5. The highest BCUT2D eigenvalue weighted by atomic mass is 35.5. The van der Waals surface area contributed by atoms with Crippen LogP contribution in [0.4, 0.5) is 5.69 Å². The van der Waals surface area contributed by atoms with Gasteiger partial charge in [0.25, 0.3) is 0 Å². The number of nitrogens with zero attached hydrogens (tertiary/aromatic N) is 1. The number of hydrogen-bond acceptors (Lipinski definition) is 5. The van der Waals surface area contributed by atoms with Crippen molar-refractivity contribution in [3.05, 3.63) is 28.8 Å². The van der Waals surface area contributed by atoms with Crippen molar-refractivity contribution in [2.24, 2.45) is 0 Å². The van der Waals surface area contributed by atoms with Gasteiger partial charge in [0.2, 0.25) is 11.8 Å². The van der Waals surface area contributed by atoms with Gasteiger partial charge < -0.3 is 15.0 Å². The number of amides is 2. The third-order valence-corrected chi connectivity index (χ3v) is 6.22. The van der Waals surface area contributed by atoms with Crippen molar-refractivity contribution >= 4 is 46.8 Å². The van der Waals surface area contributed by atoms with E-state index in [1.165, 1.54) is 19.2 Å². The molecule has 2 atom stereocenters. The van der Waals surface area contributed by atoms with Gasteiger partial charge in [-0.2, -0.15) is 0 Å². The van der Waals surface area contributed by atoms with Gasteiger partial charge in [0.15, 0.2) is 0 Å². The van der Waals surface area contributed by atoms with Crippen molar-refractivity contribution < 1.29 is 19.1 Å². The Labute approximate surface area is 148 Å². The predicted molar refractivity (Wildman–Crippen MR) is 92.2 cm³/mol. The number of rotatable bonds is 3. The molecule has 6 nitrogen and oxygen atoms in total. The van der Waals surface area contributed by atoms with Crippen molar-refractivity contribution in [1.29, 1.82) is 0 Å². The van der Waals surface area contributed by atoms with Crippen LogP contribution in [0.1, 0.15) is 30.1 Å². The lowest BCUT2D eigenvalue weighted by Crippen LogP contribution is -2.48. The van der Waals surface area contributed by atoms with Crippen LogP contribution in [0.5, 0.6) is 0 Å². The Bertz CT molecular complexity index is 726. The van der Waals surface area contributed by atoms with Gasteiger partial charge in [0.05, 0.1) is 22.6 Å². The molecule has 1 aromatic rings. The molecule has 8 heteroatoms. The summed E-state index contributed by atoms with van der Waals surface area (Å²) in [5, 5.41) is 3.02. The summed E-state index contributed by atoms with van der Waals surface area (Å²) < 4.78 is 4.67. The Morgan fingerprint density at radius 3 is 2.92 bits per heavy atom. The third kappa shape index (κ3) is 2.86. The van der Waals surface area contributed by atoms with Gasteiger partial charge in [-0.25, -0.2) is 4.79 Å². The van der Waals surface area contributed by atoms with Crippen LogP contribution in [0, 0.1) is 0 Å². The fourth-order valence-electron chi connectivity index (χ4n) is 3.11.